The van der Waals surface area contributed by atoms with Crippen LogP contribution in [0.25, 0.3) is 22.1 Å². The molecule has 0 amide bonds. The van der Waals surface area contributed by atoms with Gasteiger partial charge in [0.15, 0.2) is 11.6 Å². The summed E-state index contributed by atoms with van der Waals surface area (Å²) < 4.78 is 28.7. The van der Waals surface area contributed by atoms with Crippen LogP contribution >= 0.6 is 11.6 Å². The number of hydrogen-bond acceptors (Lipinski definition) is 10. The lowest BCUT2D eigenvalue weighted by Crippen LogP contribution is -2.27. The summed E-state index contributed by atoms with van der Waals surface area (Å²) in [6, 6.07) is 4.22. The minimum atomic E-state index is -0.565. The molecule has 0 radical (unpaired) electrons. The molecule has 2 aliphatic heterocycles. The van der Waals surface area contributed by atoms with E-state index in [1.54, 1.807) is 0 Å². The van der Waals surface area contributed by atoms with Crippen molar-refractivity contribution in [3.63, 3.8) is 0 Å². The molecule has 4 aromatic rings. The Morgan fingerprint density at radius 1 is 0.761 bits per heavy atom. The molecule has 248 valence electrons. The number of nitrogen functional groups attached to an aromatic ring is 1. The molecule has 0 bridgehead atoms. The molecule has 0 aromatic carbocycles. The molecular formula is C32H43ClN8O5. The van der Waals surface area contributed by atoms with Crippen molar-refractivity contribution in [3.8, 4) is 0 Å². The van der Waals surface area contributed by atoms with Crippen molar-refractivity contribution < 1.29 is 24.4 Å². The lowest BCUT2D eigenvalue weighted by atomic mass is 10.1. The molecular weight excluding hydrogens is 612 g/mol. The van der Waals surface area contributed by atoms with Gasteiger partial charge in [0.05, 0.1) is 35.1 Å². The van der Waals surface area contributed by atoms with E-state index < -0.39 is 11.6 Å². The second-order valence-electron chi connectivity index (χ2n) is 12.9. The van der Waals surface area contributed by atoms with E-state index in [2.05, 4.69) is 42.2 Å². The summed E-state index contributed by atoms with van der Waals surface area (Å²) in [6.07, 6.45) is 12.8. The Bertz CT molecular complexity index is 1610. The molecule has 4 aliphatic rings. The number of hydrogen-bond donors (Lipinski definition) is 2. The molecule has 2 saturated carbocycles. The molecule has 8 rings (SSSR count). The van der Waals surface area contributed by atoms with E-state index >= 15 is 0 Å². The fraction of sp³-hybridized carbons (Fsp3) is 0.500. The zero-order valence-electron chi connectivity index (χ0n) is 26.5. The highest BCUT2D eigenvalue weighted by atomic mass is 35.5. The molecule has 2 aliphatic carbocycles. The first-order valence-corrected chi connectivity index (χ1v) is 15.4. The van der Waals surface area contributed by atoms with Crippen molar-refractivity contribution in [1.29, 1.82) is 0 Å². The quantitative estimate of drug-likeness (QED) is 0.224. The van der Waals surface area contributed by atoms with Crippen molar-refractivity contribution in [2.45, 2.75) is 88.6 Å². The van der Waals surface area contributed by atoms with E-state index in [9.17, 15) is 0 Å². The third kappa shape index (κ3) is 5.59. The van der Waals surface area contributed by atoms with Gasteiger partial charge < -0.3 is 45.4 Å². The van der Waals surface area contributed by atoms with E-state index in [1.165, 1.54) is 12.7 Å². The number of nitrogens with zero attached hydrogens (tertiary/aromatic N) is 6. The Morgan fingerprint density at radius 3 is 1.70 bits per heavy atom. The number of anilines is 1. The first-order chi connectivity index (χ1) is 21.0. The number of nitrogens with two attached hydrogens (primary N) is 1. The average molecular weight is 655 g/mol. The maximum absolute atomic E-state index is 6.15. The van der Waals surface area contributed by atoms with Crippen LogP contribution in [0, 0.1) is 11.8 Å². The summed E-state index contributed by atoms with van der Waals surface area (Å²) in [7, 11) is 0. The van der Waals surface area contributed by atoms with Crippen LogP contribution in [0.3, 0.4) is 0 Å². The monoisotopic (exact) mass is 654 g/mol. The normalized spacial score (nSPS) is 31.8. The topological polar surface area (TPSA) is 191 Å². The van der Waals surface area contributed by atoms with Gasteiger partial charge in [-0.05, 0) is 52.7 Å². The molecule has 4 aromatic heterocycles. The SMILES string of the molecule is C=C[C@H]1C[C@@H](n2ccc3c(Cl)ncnc32)[C@@H]2OC(C)(C)O[C@@H]21.C=C[C@H]1C[C@@H](n2ccc3c(N)ncnc32)[C@@H]2OC(C)(C)O[C@@H]21.N.O. The summed E-state index contributed by atoms with van der Waals surface area (Å²) in [4.78, 5) is 16.9. The zero-order valence-corrected chi connectivity index (χ0v) is 27.3. The molecule has 0 spiro atoms. The lowest BCUT2D eigenvalue weighted by Gasteiger charge is -2.24. The fourth-order valence-corrected chi connectivity index (χ4v) is 7.65. The number of ether oxygens (including phenoxy) is 4. The molecule has 4 fully saturated rings. The van der Waals surface area contributed by atoms with E-state index in [0.717, 1.165) is 34.9 Å². The molecule has 7 N–H and O–H groups in total. The highest BCUT2D eigenvalue weighted by Crippen LogP contribution is 2.49. The third-order valence-electron chi connectivity index (χ3n) is 9.28. The van der Waals surface area contributed by atoms with Crippen molar-refractivity contribution >= 4 is 39.5 Å². The van der Waals surface area contributed by atoms with E-state index in [1.807, 2.05) is 64.4 Å². The second kappa shape index (κ2) is 12.3. The number of aromatic nitrogens is 6. The smallest absolute Gasteiger partial charge is 0.163 e. The fourth-order valence-electron chi connectivity index (χ4n) is 7.46. The number of rotatable bonds is 4. The maximum atomic E-state index is 6.15. The second-order valence-corrected chi connectivity index (χ2v) is 13.2. The molecule has 6 heterocycles. The predicted octanol–water partition coefficient (Wildman–Crippen LogP) is 4.97. The van der Waals surface area contributed by atoms with Crippen LogP contribution in [0.2, 0.25) is 5.15 Å². The molecule has 2 saturated heterocycles. The van der Waals surface area contributed by atoms with Gasteiger partial charge in [-0.2, -0.15) is 0 Å². The average Bonchev–Trinajstić information content (AvgIpc) is 3.80. The van der Waals surface area contributed by atoms with Gasteiger partial charge in [-0.3, -0.25) is 0 Å². The zero-order chi connectivity index (χ0) is 31.0. The highest BCUT2D eigenvalue weighted by molar-refractivity contribution is 6.33. The van der Waals surface area contributed by atoms with Crippen molar-refractivity contribution in [2.24, 2.45) is 11.8 Å². The largest absolute Gasteiger partial charge is 0.412 e. The standard InChI is InChI=1S/C16H18ClN3O2.C16H20N4O2.H3N.H2O/c2*1-4-9-7-11(13-12(9)21-16(2,3)22-13)20-6-5-10-14(17)18-8-19-15(10)20;;/h4-6,8-9,11-13H,1,7H2,2-3H3;4-6,8-9,11-13H,1,7H2,2-3H3,(H2,17,18,19);1H3;1H2/t2*9-,11+,12+,13-;;/m00../s1. The van der Waals surface area contributed by atoms with Gasteiger partial charge in [-0.15, -0.1) is 13.2 Å². The van der Waals surface area contributed by atoms with Crippen LogP contribution < -0.4 is 11.9 Å². The van der Waals surface area contributed by atoms with E-state index in [-0.39, 0.29) is 60.0 Å². The van der Waals surface area contributed by atoms with Gasteiger partial charge in [-0.25, -0.2) is 19.9 Å². The summed E-state index contributed by atoms with van der Waals surface area (Å²) in [6.45, 7) is 15.7. The first-order valence-electron chi connectivity index (χ1n) is 15.0. The van der Waals surface area contributed by atoms with Crippen LogP contribution in [-0.4, -0.2) is 70.5 Å². The Labute approximate surface area is 272 Å². The minimum absolute atomic E-state index is 0. The Hall–Kier alpha value is -3.43. The van der Waals surface area contributed by atoms with Crippen LogP contribution in [0.4, 0.5) is 5.82 Å². The van der Waals surface area contributed by atoms with Gasteiger partial charge in [0, 0.05) is 24.2 Å². The van der Waals surface area contributed by atoms with E-state index in [0.29, 0.717) is 11.0 Å². The Morgan fingerprint density at radius 2 is 1.20 bits per heavy atom. The predicted molar refractivity (Wildman–Crippen MR) is 175 cm³/mol. The van der Waals surface area contributed by atoms with Gasteiger partial charge in [0.1, 0.15) is 47.1 Å². The Balaban J connectivity index is 0.000000174. The lowest BCUT2D eigenvalue weighted by molar-refractivity contribution is -0.158. The number of fused-ring (bicyclic) bond motifs is 4. The van der Waals surface area contributed by atoms with E-state index in [4.69, 9.17) is 36.3 Å². The van der Waals surface area contributed by atoms with Crippen LogP contribution in [0.15, 0.2) is 62.5 Å². The highest BCUT2D eigenvalue weighted by Gasteiger charge is 2.55. The van der Waals surface area contributed by atoms with Gasteiger partial charge in [0.25, 0.3) is 0 Å². The van der Waals surface area contributed by atoms with Crippen LogP contribution in [0.1, 0.15) is 52.6 Å². The maximum Gasteiger partial charge on any atom is 0.163 e. The molecule has 0 unspecified atom stereocenters. The minimum Gasteiger partial charge on any atom is -0.412 e. The number of halogens is 1. The van der Waals surface area contributed by atoms with Gasteiger partial charge in [-0.1, -0.05) is 23.8 Å². The molecule has 13 nitrogen and oxygen atoms in total. The Kier molecular flexibility index (Phi) is 9.07. The van der Waals surface area contributed by atoms with Gasteiger partial charge in [0.2, 0.25) is 0 Å². The summed E-state index contributed by atoms with van der Waals surface area (Å²) >= 11 is 6.15. The molecule has 46 heavy (non-hydrogen) atoms. The van der Waals surface area contributed by atoms with Crippen LogP contribution in [0.5, 0.6) is 0 Å². The summed E-state index contributed by atoms with van der Waals surface area (Å²) in [5.41, 5.74) is 7.61. The summed E-state index contributed by atoms with van der Waals surface area (Å²) in [5, 5.41) is 2.21. The molecule has 8 atom stereocenters. The molecule has 14 heteroatoms. The van der Waals surface area contributed by atoms with Crippen molar-refractivity contribution in [1.82, 2.24) is 35.2 Å². The van der Waals surface area contributed by atoms with Crippen molar-refractivity contribution in [2.75, 3.05) is 5.73 Å². The summed E-state index contributed by atoms with van der Waals surface area (Å²) in [5.74, 6) is -0.0840. The van der Waals surface area contributed by atoms with Gasteiger partial charge >= 0.3 is 0 Å². The first kappa shape index (κ1) is 33.9. The van der Waals surface area contributed by atoms with Crippen molar-refractivity contribution in [3.05, 3.63) is 67.6 Å². The van der Waals surface area contributed by atoms with Crippen LogP contribution in [-0.2, 0) is 18.9 Å². The third-order valence-corrected chi connectivity index (χ3v) is 9.58.